The van der Waals surface area contributed by atoms with Crippen LogP contribution in [0.15, 0.2) is 30.5 Å². The van der Waals surface area contributed by atoms with Gasteiger partial charge in [0.05, 0.1) is 10.6 Å². The third-order valence-corrected chi connectivity index (χ3v) is 2.83. The number of para-hydroxylation sites is 1. The molecule has 104 valence electrons. The molecule has 7 heteroatoms. The highest BCUT2D eigenvalue weighted by Gasteiger charge is 2.14. The summed E-state index contributed by atoms with van der Waals surface area (Å²) in [6, 6.07) is 4.66. The predicted octanol–water partition coefficient (Wildman–Crippen LogP) is 3.31. The molecule has 0 bridgehead atoms. The topological polar surface area (TPSA) is 54.0 Å². The molecule has 2 rings (SSSR count). The molecule has 1 heterocycles. The van der Waals surface area contributed by atoms with Gasteiger partial charge in [-0.25, -0.2) is 13.8 Å². The number of carbonyl (C=O) groups is 1. The minimum Gasteiger partial charge on any atom is -0.372 e. The van der Waals surface area contributed by atoms with Gasteiger partial charge in [0.1, 0.15) is 23.1 Å². The quantitative estimate of drug-likeness (QED) is 0.914. The highest BCUT2D eigenvalue weighted by Crippen LogP contribution is 2.22. The van der Waals surface area contributed by atoms with Gasteiger partial charge in [-0.15, -0.1) is 0 Å². The summed E-state index contributed by atoms with van der Waals surface area (Å²) in [4.78, 5) is 15.8. The van der Waals surface area contributed by atoms with Crippen molar-refractivity contribution in [2.75, 3.05) is 17.7 Å². The van der Waals surface area contributed by atoms with E-state index in [2.05, 4.69) is 15.6 Å². The van der Waals surface area contributed by atoms with Gasteiger partial charge in [-0.2, -0.15) is 0 Å². The van der Waals surface area contributed by atoms with Gasteiger partial charge in [-0.1, -0.05) is 17.7 Å². The second-order valence-electron chi connectivity index (χ2n) is 3.86. The third kappa shape index (κ3) is 2.85. The van der Waals surface area contributed by atoms with E-state index in [-0.39, 0.29) is 10.6 Å². The van der Waals surface area contributed by atoms with Crippen molar-refractivity contribution in [1.29, 1.82) is 0 Å². The highest BCUT2D eigenvalue weighted by molar-refractivity contribution is 6.33. The molecule has 1 aromatic carbocycles. The number of rotatable bonds is 3. The van der Waals surface area contributed by atoms with Crippen molar-refractivity contribution in [2.45, 2.75) is 0 Å². The molecular weight excluding hydrogens is 288 g/mol. The smallest absolute Gasteiger partial charge is 0.257 e. The Bertz CT molecular complexity index is 644. The van der Waals surface area contributed by atoms with Gasteiger partial charge in [0.2, 0.25) is 0 Å². The Morgan fingerprint density at radius 2 is 1.95 bits per heavy atom. The van der Waals surface area contributed by atoms with Crippen molar-refractivity contribution in [1.82, 2.24) is 4.98 Å². The van der Waals surface area contributed by atoms with Crippen LogP contribution in [-0.2, 0) is 0 Å². The minimum atomic E-state index is -0.857. The molecule has 0 saturated carbocycles. The Kier molecular flexibility index (Phi) is 4.14. The fraction of sp³-hybridized carbons (Fsp3) is 0.0769. The van der Waals surface area contributed by atoms with Crippen LogP contribution in [0, 0.1) is 11.6 Å². The molecule has 2 aromatic rings. The standard InChI is InChI=1S/C13H10ClF2N3O/c1-17-12-8(14)5-7(6-18-12)13(20)19-11-9(15)3-2-4-10(11)16/h2-6H,1H3,(H,17,18)(H,19,20). The van der Waals surface area contributed by atoms with Crippen LogP contribution >= 0.6 is 11.6 Å². The summed E-state index contributed by atoms with van der Waals surface area (Å²) in [5.41, 5.74) is -0.414. The molecule has 0 aliphatic heterocycles. The van der Waals surface area contributed by atoms with E-state index in [0.29, 0.717) is 5.82 Å². The second-order valence-corrected chi connectivity index (χ2v) is 4.26. The molecule has 4 nitrogen and oxygen atoms in total. The van der Waals surface area contributed by atoms with Crippen LogP contribution in [-0.4, -0.2) is 17.9 Å². The molecule has 1 aromatic heterocycles. The maximum atomic E-state index is 13.4. The van der Waals surface area contributed by atoms with E-state index in [1.165, 1.54) is 18.3 Å². The molecule has 0 aliphatic carbocycles. The molecule has 1 amide bonds. The summed E-state index contributed by atoms with van der Waals surface area (Å²) in [5.74, 6) is -2.01. The van der Waals surface area contributed by atoms with E-state index in [1.54, 1.807) is 7.05 Å². The van der Waals surface area contributed by atoms with Gasteiger partial charge >= 0.3 is 0 Å². The first-order valence-electron chi connectivity index (χ1n) is 5.61. The van der Waals surface area contributed by atoms with Crippen LogP contribution in [0.2, 0.25) is 5.02 Å². The van der Waals surface area contributed by atoms with Gasteiger partial charge in [0.25, 0.3) is 5.91 Å². The van der Waals surface area contributed by atoms with Crippen molar-refractivity contribution < 1.29 is 13.6 Å². The Morgan fingerprint density at radius 3 is 2.50 bits per heavy atom. The number of hydrogen-bond acceptors (Lipinski definition) is 3. The maximum absolute atomic E-state index is 13.4. The number of benzene rings is 1. The zero-order chi connectivity index (χ0) is 14.7. The number of amides is 1. The SMILES string of the molecule is CNc1ncc(C(=O)Nc2c(F)cccc2F)cc1Cl. The van der Waals surface area contributed by atoms with Crippen LogP contribution in [0.5, 0.6) is 0 Å². The minimum absolute atomic E-state index is 0.0941. The summed E-state index contributed by atoms with van der Waals surface area (Å²) in [6.07, 6.45) is 1.26. The number of nitrogens with zero attached hydrogens (tertiary/aromatic N) is 1. The molecule has 20 heavy (non-hydrogen) atoms. The van der Waals surface area contributed by atoms with Crippen molar-refractivity contribution >= 4 is 29.0 Å². The second kappa shape index (κ2) is 5.83. The van der Waals surface area contributed by atoms with Crippen LogP contribution in [0.3, 0.4) is 0 Å². The summed E-state index contributed by atoms with van der Waals surface area (Å²) in [7, 11) is 1.63. The van der Waals surface area contributed by atoms with Crippen LogP contribution in [0.4, 0.5) is 20.3 Å². The first-order chi connectivity index (χ1) is 9.52. The lowest BCUT2D eigenvalue weighted by atomic mass is 10.2. The highest BCUT2D eigenvalue weighted by atomic mass is 35.5. The summed E-state index contributed by atoms with van der Waals surface area (Å²) in [5, 5.41) is 5.12. The maximum Gasteiger partial charge on any atom is 0.257 e. The predicted molar refractivity (Wildman–Crippen MR) is 73.1 cm³/mol. The summed E-state index contributed by atoms with van der Waals surface area (Å²) in [6.45, 7) is 0. The molecular formula is C13H10ClF2N3O. The Labute approximate surface area is 118 Å². The molecule has 0 aliphatic rings. The van der Waals surface area contributed by atoms with E-state index < -0.39 is 23.2 Å². The van der Waals surface area contributed by atoms with Crippen LogP contribution in [0.25, 0.3) is 0 Å². The van der Waals surface area contributed by atoms with Crippen LogP contribution < -0.4 is 10.6 Å². The van der Waals surface area contributed by atoms with Crippen molar-refractivity contribution in [3.05, 3.63) is 52.7 Å². The fourth-order valence-electron chi connectivity index (χ4n) is 1.55. The average molecular weight is 298 g/mol. The summed E-state index contributed by atoms with van der Waals surface area (Å²) < 4.78 is 26.8. The monoisotopic (exact) mass is 297 g/mol. The summed E-state index contributed by atoms with van der Waals surface area (Å²) >= 11 is 5.89. The lowest BCUT2D eigenvalue weighted by molar-refractivity contribution is 0.102. The molecule has 2 N–H and O–H groups in total. The fourth-order valence-corrected chi connectivity index (χ4v) is 1.81. The van der Waals surface area contributed by atoms with Crippen molar-refractivity contribution in [2.24, 2.45) is 0 Å². The average Bonchev–Trinajstić information content (AvgIpc) is 2.42. The zero-order valence-corrected chi connectivity index (χ0v) is 11.1. The normalized spacial score (nSPS) is 10.2. The van der Waals surface area contributed by atoms with Gasteiger partial charge < -0.3 is 10.6 Å². The van der Waals surface area contributed by atoms with E-state index in [0.717, 1.165) is 12.1 Å². The van der Waals surface area contributed by atoms with E-state index in [4.69, 9.17) is 11.6 Å². The number of hydrogen-bond donors (Lipinski definition) is 2. The Hall–Kier alpha value is -2.21. The molecule has 0 saturated heterocycles. The molecule has 0 atom stereocenters. The molecule has 0 fully saturated rings. The van der Waals surface area contributed by atoms with Crippen LogP contribution in [0.1, 0.15) is 10.4 Å². The van der Waals surface area contributed by atoms with Gasteiger partial charge in [-0.3, -0.25) is 4.79 Å². The largest absolute Gasteiger partial charge is 0.372 e. The van der Waals surface area contributed by atoms with Crippen molar-refractivity contribution in [3.8, 4) is 0 Å². The zero-order valence-electron chi connectivity index (χ0n) is 10.4. The molecule has 0 unspecified atom stereocenters. The number of anilines is 2. The van der Waals surface area contributed by atoms with E-state index in [9.17, 15) is 13.6 Å². The lowest BCUT2D eigenvalue weighted by Crippen LogP contribution is -2.15. The molecule has 0 radical (unpaired) electrons. The van der Waals surface area contributed by atoms with E-state index in [1.807, 2.05) is 0 Å². The Morgan fingerprint density at radius 1 is 1.30 bits per heavy atom. The number of pyridine rings is 1. The lowest BCUT2D eigenvalue weighted by Gasteiger charge is -2.08. The number of aromatic nitrogens is 1. The third-order valence-electron chi connectivity index (χ3n) is 2.54. The Balaban J connectivity index is 2.26. The first-order valence-corrected chi connectivity index (χ1v) is 5.99. The van der Waals surface area contributed by atoms with Gasteiger partial charge in [-0.05, 0) is 18.2 Å². The van der Waals surface area contributed by atoms with Gasteiger partial charge in [0.15, 0.2) is 0 Å². The van der Waals surface area contributed by atoms with Crippen molar-refractivity contribution in [3.63, 3.8) is 0 Å². The number of nitrogens with one attached hydrogen (secondary N) is 2. The number of carbonyl (C=O) groups excluding carboxylic acids is 1. The first kappa shape index (κ1) is 14.2. The molecule has 0 spiro atoms. The van der Waals surface area contributed by atoms with E-state index >= 15 is 0 Å². The number of halogens is 3. The van der Waals surface area contributed by atoms with Gasteiger partial charge in [0, 0.05) is 13.2 Å².